The monoisotopic (exact) mass is 734 g/mol. The third-order valence-corrected chi connectivity index (χ3v) is 15.4. The molecule has 274 valence electrons. The van der Waals surface area contributed by atoms with Crippen LogP contribution in [-0.4, -0.2) is 75.0 Å². The zero-order valence-corrected chi connectivity index (χ0v) is 32.6. The van der Waals surface area contributed by atoms with Gasteiger partial charge in [-0.05, 0) is 46.6 Å². The standard InChI is InChI=1S/C43H46N8O2Si/c1-6-50-40(31-20-23-44-24-21-31)45-38-41(50)46-39(33-15-13-14-32(28-33)37-22-25-49(5)48-37)47-42(38)51-26-27-52-29-34(51)30-53-54(43(2,3)4,35-16-9-7-10-17-35)36-18-11-8-12-19-36/h7-25,28,34H,6,26-27,29-30H2,1-5H3. The van der Waals surface area contributed by atoms with Crippen LogP contribution in [0.2, 0.25) is 5.04 Å². The number of ether oxygens (including phenoxy) is 1. The number of pyridine rings is 1. The fourth-order valence-corrected chi connectivity index (χ4v) is 12.4. The molecule has 10 nitrogen and oxygen atoms in total. The van der Waals surface area contributed by atoms with Crippen LogP contribution in [0.15, 0.2) is 122 Å². The summed E-state index contributed by atoms with van der Waals surface area (Å²) in [7, 11) is -0.891. The summed E-state index contributed by atoms with van der Waals surface area (Å²) in [5.41, 5.74) is 5.32. The Balaban J connectivity index is 1.26. The second-order valence-corrected chi connectivity index (χ2v) is 19.1. The van der Waals surface area contributed by atoms with Crippen LogP contribution in [0.4, 0.5) is 5.82 Å². The summed E-state index contributed by atoms with van der Waals surface area (Å²) in [5.74, 6) is 2.24. The molecule has 0 aliphatic carbocycles. The molecule has 4 aromatic heterocycles. The highest BCUT2D eigenvalue weighted by atomic mass is 28.4. The van der Waals surface area contributed by atoms with Gasteiger partial charge in [-0.15, -0.1) is 0 Å². The topological polar surface area (TPSA) is 96.0 Å². The van der Waals surface area contributed by atoms with Crippen LogP contribution in [-0.2, 0) is 22.8 Å². The van der Waals surface area contributed by atoms with E-state index in [-0.39, 0.29) is 11.1 Å². The average molecular weight is 735 g/mol. The number of benzene rings is 3. The van der Waals surface area contributed by atoms with Crippen LogP contribution in [0.1, 0.15) is 27.7 Å². The summed E-state index contributed by atoms with van der Waals surface area (Å²) in [5, 5.41) is 6.98. The van der Waals surface area contributed by atoms with Gasteiger partial charge in [-0.25, -0.2) is 15.0 Å². The van der Waals surface area contributed by atoms with Crippen molar-refractivity contribution < 1.29 is 9.16 Å². The minimum atomic E-state index is -2.82. The molecule has 0 saturated carbocycles. The van der Waals surface area contributed by atoms with Crippen LogP contribution in [0.3, 0.4) is 0 Å². The van der Waals surface area contributed by atoms with Gasteiger partial charge in [0.1, 0.15) is 5.82 Å². The summed E-state index contributed by atoms with van der Waals surface area (Å²) < 4.78 is 17.7. The van der Waals surface area contributed by atoms with E-state index in [4.69, 9.17) is 24.1 Å². The van der Waals surface area contributed by atoms with Crippen molar-refractivity contribution in [3.05, 3.63) is 122 Å². The Bertz CT molecular complexity index is 2320. The predicted octanol–water partition coefficient (Wildman–Crippen LogP) is 6.76. The van der Waals surface area contributed by atoms with Gasteiger partial charge in [-0.2, -0.15) is 5.10 Å². The van der Waals surface area contributed by atoms with Crippen molar-refractivity contribution in [1.29, 1.82) is 0 Å². The maximum Gasteiger partial charge on any atom is 0.261 e. The Morgan fingerprint density at radius 3 is 2.17 bits per heavy atom. The molecule has 11 heteroatoms. The Hall–Kier alpha value is -5.49. The summed E-state index contributed by atoms with van der Waals surface area (Å²) >= 11 is 0. The first-order valence-electron chi connectivity index (χ1n) is 18.7. The van der Waals surface area contributed by atoms with Crippen molar-refractivity contribution in [2.75, 3.05) is 31.3 Å². The zero-order chi connectivity index (χ0) is 37.3. The lowest BCUT2D eigenvalue weighted by molar-refractivity contribution is 0.0749. The molecule has 0 amide bonds. The van der Waals surface area contributed by atoms with Crippen LogP contribution in [0, 0.1) is 0 Å². The second-order valence-electron chi connectivity index (χ2n) is 14.8. The number of fused-ring (bicyclic) bond motifs is 1. The molecule has 0 spiro atoms. The van der Waals surface area contributed by atoms with Gasteiger partial charge < -0.3 is 18.6 Å². The molecule has 5 heterocycles. The largest absolute Gasteiger partial charge is 0.405 e. The predicted molar refractivity (Wildman–Crippen MR) is 217 cm³/mol. The van der Waals surface area contributed by atoms with E-state index in [0.29, 0.717) is 38.7 Å². The SMILES string of the molecule is CCn1c(-c2ccncc2)nc2c(N3CCOCC3CO[Si](c3ccccc3)(c3ccccc3)C(C)(C)C)nc(-c3cccc(-c4ccn(C)n4)c3)nc21. The first kappa shape index (κ1) is 35.5. The van der Waals surface area contributed by atoms with E-state index in [0.717, 1.165) is 45.2 Å². The van der Waals surface area contributed by atoms with Gasteiger partial charge in [-0.3, -0.25) is 9.67 Å². The Morgan fingerprint density at radius 2 is 1.52 bits per heavy atom. The highest BCUT2D eigenvalue weighted by molar-refractivity contribution is 6.99. The molecule has 1 atom stereocenters. The third kappa shape index (κ3) is 6.52. The summed E-state index contributed by atoms with van der Waals surface area (Å²) in [6, 6.07) is 35.8. The van der Waals surface area contributed by atoms with Crippen molar-refractivity contribution in [2.45, 2.75) is 45.3 Å². The molecule has 1 unspecified atom stereocenters. The molecule has 7 aromatic rings. The molecule has 8 rings (SSSR count). The zero-order valence-electron chi connectivity index (χ0n) is 31.6. The molecule has 1 aliphatic rings. The number of anilines is 1. The Kier molecular flexibility index (Phi) is 9.70. The molecule has 3 aromatic carbocycles. The normalized spacial score (nSPS) is 15.2. The van der Waals surface area contributed by atoms with E-state index in [2.05, 4.69) is 126 Å². The summed E-state index contributed by atoms with van der Waals surface area (Å²) in [4.78, 5) is 22.5. The third-order valence-electron chi connectivity index (χ3n) is 10.4. The van der Waals surface area contributed by atoms with Crippen LogP contribution >= 0.6 is 0 Å². The van der Waals surface area contributed by atoms with E-state index in [9.17, 15) is 0 Å². The first-order chi connectivity index (χ1) is 26.3. The van der Waals surface area contributed by atoms with Gasteiger partial charge in [0.2, 0.25) is 0 Å². The molecule has 1 fully saturated rings. The molecular formula is C43H46N8O2Si. The lowest BCUT2D eigenvalue weighted by Gasteiger charge is -2.45. The Morgan fingerprint density at radius 1 is 0.815 bits per heavy atom. The number of hydrogen-bond acceptors (Lipinski definition) is 8. The molecule has 1 saturated heterocycles. The van der Waals surface area contributed by atoms with Gasteiger partial charge in [0.25, 0.3) is 8.32 Å². The molecule has 0 bridgehead atoms. The van der Waals surface area contributed by atoms with E-state index in [1.165, 1.54) is 10.4 Å². The minimum Gasteiger partial charge on any atom is -0.405 e. The van der Waals surface area contributed by atoms with Gasteiger partial charge >= 0.3 is 0 Å². The number of aromatic nitrogens is 7. The van der Waals surface area contributed by atoms with Gasteiger partial charge in [0.05, 0.1) is 31.6 Å². The van der Waals surface area contributed by atoms with E-state index in [1.807, 2.05) is 42.2 Å². The number of aryl methyl sites for hydroxylation is 2. The smallest absolute Gasteiger partial charge is 0.261 e. The van der Waals surface area contributed by atoms with E-state index >= 15 is 0 Å². The summed E-state index contributed by atoms with van der Waals surface area (Å²) in [6.45, 7) is 11.9. The molecule has 54 heavy (non-hydrogen) atoms. The van der Waals surface area contributed by atoms with E-state index < -0.39 is 8.32 Å². The van der Waals surface area contributed by atoms with Crippen LogP contribution < -0.4 is 15.3 Å². The first-order valence-corrected chi connectivity index (χ1v) is 20.6. The highest BCUT2D eigenvalue weighted by Gasteiger charge is 2.50. The highest BCUT2D eigenvalue weighted by Crippen LogP contribution is 2.38. The molecule has 0 N–H and O–H groups in total. The van der Waals surface area contributed by atoms with Crippen molar-refractivity contribution in [1.82, 2.24) is 34.3 Å². The number of hydrogen-bond donors (Lipinski definition) is 0. The maximum absolute atomic E-state index is 7.50. The molecule has 1 aliphatic heterocycles. The Labute approximate surface area is 317 Å². The quantitative estimate of drug-likeness (QED) is 0.142. The van der Waals surface area contributed by atoms with Crippen molar-refractivity contribution in [2.24, 2.45) is 7.05 Å². The van der Waals surface area contributed by atoms with Crippen molar-refractivity contribution >= 4 is 35.7 Å². The van der Waals surface area contributed by atoms with Gasteiger partial charge in [0.15, 0.2) is 22.8 Å². The minimum absolute atomic E-state index is 0.123. The molecular weight excluding hydrogens is 689 g/mol. The summed E-state index contributed by atoms with van der Waals surface area (Å²) in [6.07, 6.45) is 5.56. The number of rotatable bonds is 10. The number of morpholine rings is 1. The average Bonchev–Trinajstić information content (AvgIpc) is 3.82. The number of imidazole rings is 1. The fraction of sp³-hybridized carbons (Fsp3) is 0.279. The second kappa shape index (κ2) is 14.7. The lowest BCUT2D eigenvalue weighted by Crippen LogP contribution is -2.67. The fourth-order valence-electron chi connectivity index (χ4n) is 7.78. The molecule has 0 radical (unpaired) electrons. The number of nitrogens with zero attached hydrogens (tertiary/aromatic N) is 8. The van der Waals surface area contributed by atoms with Crippen LogP contribution in [0.5, 0.6) is 0 Å². The lowest BCUT2D eigenvalue weighted by atomic mass is 10.1. The van der Waals surface area contributed by atoms with Gasteiger partial charge in [0, 0.05) is 55.4 Å². The van der Waals surface area contributed by atoms with Crippen LogP contribution in [0.25, 0.3) is 45.2 Å². The van der Waals surface area contributed by atoms with E-state index in [1.54, 1.807) is 12.4 Å². The van der Waals surface area contributed by atoms with Crippen molar-refractivity contribution in [3.63, 3.8) is 0 Å². The van der Waals surface area contributed by atoms with Gasteiger partial charge in [-0.1, -0.05) is 99.6 Å². The maximum atomic E-state index is 7.50. The van der Waals surface area contributed by atoms with Crippen molar-refractivity contribution in [3.8, 4) is 34.0 Å².